The molecule has 1 heteroatoms. The lowest BCUT2D eigenvalue weighted by atomic mass is 9.66. The van der Waals surface area contributed by atoms with Crippen LogP contribution < -0.4 is 4.90 Å². The predicted molar refractivity (Wildman–Crippen MR) is 218 cm³/mol. The highest BCUT2D eigenvalue weighted by Crippen LogP contribution is 2.61. The fourth-order valence-corrected chi connectivity index (χ4v) is 8.66. The van der Waals surface area contributed by atoms with E-state index in [-0.39, 0.29) is 0 Å². The van der Waals surface area contributed by atoms with Crippen LogP contribution >= 0.6 is 0 Å². The first-order valence-electron chi connectivity index (χ1n) is 18.0. The van der Waals surface area contributed by atoms with E-state index in [0.29, 0.717) is 0 Å². The summed E-state index contributed by atoms with van der Waals surface area (Å²) < 4.78 is 0. The molecule has 0 fully saturated rings. The number of nitrogens with zero attached hydrogens (tertiary/aromatic N) is 1. The van der Waals surface area contributed by atoms with Crippen molar-refractivity contribution in [3.63, 3.8) is 0 Å². The lowest BCUT2D eigenvalue weighted by molar-refractivity contribution is 0.766. The van der Waals surface area contributed by atoms with Crippen molar-refractivity contribution in [3.8, 4) is 33.4 Å². The van der Waals surface area contributed by atoms with E-state index in [1.807, 2.05) is 0 Å². The minimum atomic E-state index is -0.475. The zero-order valence-corrected chi connectivity index (χ0v) is 28.7. The van der Waals surface area contributed by atoms with Crippen LogP contribution in [0.15, 0.2) is 200 Å². The Morgan fingerprint density at radius 3 is 1.37 bits per heavy atom. The maximum atomic E-state index is 2.43. The number of hydrogen-bond donors (Lipinski definition) is 0. The summed E-state index contributed by atoms with van der Waals surface area (Å²) >= 11 is 0. The quantitative estimate of drug-likeness (QED) is 0.177. The van der Waals surface area contributed by atoms with Crippen molar-refractivity contribution in [2.75, 3.05) is 4.90 Å². The molecule has 0 saturated carbocycles. The van der Waals surface area contributed by atoms with Crippen LogP contribution in [0.5, 0.6) is 0 Å². The van der Waals surface area contributed by atoms with E-state index < -0.39 is 5.41 Å². The lowest BCUT2D eigenvalue weighted by Gasteiger charge is -2.35. The van der Waals surface area contributed by atoms with Gasteiger partial charge in [0.05, 0.1) is 11.1 Å². The molecule has 8 aromatic rings. The zero-order chi connectivity index (χ0) is 34.5. The standard InChI is InChI=1S/C51H35N/c1-3-14-36(15-4-1)37-26-28-38(29-27-37)39-32-34-43(35-33-39)52(42-18-5-2-6-19-42)49-25-13-24-48-50(49)44-20-9-12-23-47(44)51(48)45-21-10-7-16-40(45)30-31-41-17-8-11-22-46(41)51/h1-35H. The van der Waals surface area contributed by atoms with Gasteiger partial charge in [-0.2, -0.15) is 0 Å². The molecule has 0 radical (unpaired) electrons. The van der Waals surface area contributed by atoms with Crippen molar-refractivity contribution in [2.24, 2.45) is 0 Å². The second kappa shape index (κ2) is 12.3. The first kappa shape index (κ1) is 30.2. The second-order valence-electron chi connectivity index (χ2n) is 13.7. The minimum absolute atomic E-state index is 0.475. The van der Waals surface area contributed by atoms with Gasteiger partial charge >= 0.3 is 0 Å². The van der Waals surface area contributed by atoms with E-state index in [1.165, 1.54) is 72.4 Å². The van der Waals surface area contributed by atoms with Crippen molar-refractivity contribution in [2.45, 2.75) is 5.41 Å². The van der Waals surface area contributed by atoms with Gasteiger partial charge in [0.25, 0.3) is 0 Å². The molecular weight excluding hydrogens is 627 g/mol. The molecule has 0 aliphatic heterocycles. The summed E-state index contributed by atoms with van der Waals surface area (Å²) in [4.78, 5) is 2.43. The summed E-state index contributed by atoms with van der Waals surface area (Å²) in [6, 6.07) is 73.1. The Labute approximate surface area is 305 Å². The highest BCUT2D eigenvalue weighted by molar-refractivity contribution is 5.99. The third-order valence-corrected chi connectivity index (χ3v) is 10.9. The zero-order valence-electron chi connectivity index (χ0n) is 28.7. The maximum absolute atomic E-state index is 2.43. The molecule has 0 N–H and O–H groups in total. The van der Waals surface area contributed by atoms with E-state index in [0.717, 1.165) is 11.4 Å². The Morgan fingerprint density at radius 2 is 0.750 bits per heavy atom. The fraction of sp³-hybridized carbons (Fsp3) is 0.0196. The van der Waals surface area contributed by atoms with Crippen LogP contribution in [0, 0.1) is 0 Å². The molecule has 10 rings (SSSR count). The number of rotatable bonds is 5. The van der Waals surface area contributed by atoms with Gasteiger partial charge in [0, 0.05) is 16.9 Å². The number of benzene rings is 8. The highest BCUT2D eigenvalue weighted by atomic mass is 15.1. The summed E-state index contributed by atoms with van der Waals surface area (Å²) in [5.74, 6) is 0. The van der Waals surface area contributed by atoms with Crippen LogP contribution in [0.3, 0.4) is 0 Å². The SMILES string of the molecule is C1=Cc2ccccc2C2(c3ccccc31)c1ccccc1-c1c(N(c3ccccc3)c3ccc(-c4ccc(-c5ccccc5)cc4)cc3)cccc12. The molecular formula is C51H35N. The van der Waals surface area contributed by atoms with Gasteiger partial charge in [0.2, 0.25) is 0 Å². The first-order valence-corrected chi connectivity index (χ1v) is 18.0. The Hall–Kier alpha value is -6.70. The molecule has 1 nitrogen and oxygen atoms in total. The van der Waals surface area contributed by atoms with E-state index in [9.17, 15) is 0 Å². The van der Waals surface area contributed by atoms with Crippen LogP contribution in [0.4, 0.5) is 17.1 Å². The van der Waals surface area contributed by atoms with Crippen molar-refractivity contribution in [3.05, 3.63) is 234 Å². The molecule has 0 atom stereocenters. The monoisotopic (exact) mass is 661 g/mol. The molecule has 0 unspecified atom stereocenters. The third kappa shape index (κ3) is 4.63. The summed E-state index contributed by atoms with van der Waals surface area (Å²) in [5.41, 5.74) is 18.1. The van der Waals surface area contributed by atoms with E-state index >= 15 is 0 Å². The molecule has 0 amide bonds. The van der Waals surface area contributed by atoms with Gasteiger partial charge in [-0.15, -0.1) is 0 Å². The Morgan fingerprint density at radius 1 is 0.308 bits per heavy atom. The van der Waals surface area contributed by atoms with Gasteiger partial charge in [-0.1, -0.05) is 182 Å². The van der Waals surface area contributed by atoms with Crippen molar-refractivity contribution in [1.29, 1.82) is 0 Å². The Kier molecular flexibility index (Phi) is 7.11. The number of anilines is 3. The van der Waals surface area contributed by atoms with Crippen molar-refractivity contribution in [1.82, 2.24) is 0 Å². The molecule has 0 heterocycles. The number of fused-ring (bicyclic) bond motifs is 9. The predicted octanol–water partition coefficient (Wildman–Crippen LogP) is 13.3. The third-order valence-electron chi connectivity index (χ3n) is 10.9. The van der Waals surface area contributed by atoms with Crippen LogP contribution in [-0.4, -0.2) is 0 Å². The molecule has 0 bridgehead atoms. The Bertz CT molecular complexity index is 2550. The number of hydrogen-bond acceptors (Lipinski definition) is 1. The molecule has 1 spiro atoms. The molecule has 2 aliphatic rings. The van der Waals surface area contributed by atoms with Gasteiger partial charge in [-0.3, -0.25) is 0 Å². The van der Waals surface area contributed by atoms with Crippen LogP contribution in [0.2, 0.25) is 0 Å². The maximum Gasteiger partial charge on any atom is 0.0725 e. The number of para-hydroxylation sites is 1. The van der Waals surface area contributed by atoms with Gasteiger partial charge in [0.1, 0.15) is 0 Å². The molecule has 0 aromatic heterocycles. The smallest absolute Gasteiger partial charge is 0.0725 e. The molecule has 8 aromatic carbocycles. The van der Waals surface area contributed by atoms with Crippen molar-refractivity contribution >= 4 is 29.2 Å². The van der Waals surface area contributed by atoms with E-state index in [2.05, 4.69) is 217 Å². The summed E-state index contributed by atoms with van der Waals surface area (Å²) in [6.45, 7) is 0. The van der Waals surface area contributed by atoms with Gasteiger partial charge in [-0.05, 0) is 91.5 Å². The van der Waals surface area contributed by atoms with Crippen LogP contribution in [0.25, 0.3) is 45.5 Å². The summed E-state index contributed by atoms with van der Waals surface area (Å²) in [6.07, 6.45) is 4.58. The van der Waals surface area contributed by atoms with E-state index in [1.54, 1.807) is 0 Å². The molecule has 52 heavy (non-hydrogen) atoms. The van der Waals surface area contributed by atoms with Gasteiger partial charge in [0.15, 0.2) is 0 Å². The minimum Gasteiger partial charge on any atom is -0.310 e. The van der Waals surface area contributed by atoms with Gasteiger partial charge < -0.3 is 4.90 Å². The largest absolute Gasteiger partial charge is 0.310 e. The first-order chi connectivity index (χ1) is 25.8. The van der Waals surface area contributed by atoms with Crippen molar-refractivity contribution < 1.29 is 0 Å². The second-order valence-corrected chi connectivity index (χ2v) is 13.7. The Balaban J connectivity index is 1.16. The lowest BCUT2D eigenvalue weighted by Crippen LogP contribution is -2.30. The van der Waals surface area contributed by atoms with Gasteiger partial charge in [-0.25, -0.2) is 0 Å². The average molecular weight is 662 g/mol. The molecule has 244 valence electrons. The summed E-state index contributed by atoms with van der Waals surface area (Å²) in [7, 11) is 0. The van der Waals surface area contributed by atoms with Crippen LogP contribution in [0.1, 0.15) is 33.4 Å². The normalized spacial score (nSPS) is 13.1. The van der Waals surface area contributed by atoms with E-state index in [4.69, 9.17) is 0 Å². The topological polar surface area (TPSA) is 3.24 Å². The summed E-state index contributed by atoms with van der Waals surface area (Å²) in [5, 5.41) is 0. The highest BCUT2D eigenvalue weighted by Gasteiger charge is 2.49. The fourth-order valence-electron chi connectivity index (χ4n) is 8.66. The average Bonchev–Trinajstić information content (AvgIpc) is 3.44. The molecule has 2 aliphatic carbocycles. The molecule has 0 saturated heterocycles. The van der Waals surface area contributed by atoms with Crippen LogP contribution in [-0.2, 0) is 5.41 Å².